The highest BCUT2D eigenvalue weighted by atomic mass is 16.5. The highest BCUT2D eigenvalue weighted by Crippen LogP contribution is 2.17. The fraction of sp³-hybridized carbons (Fsp3) is 0.579. The summed E-state index contributed by atoms with van der Waals surface area (Å²) in [5.41, 5.74) is 0.528. The Bertz CT molecular complexity index is 569. The van der Waals surface area contributed by atoms with Crippen LogP contribution in [0.25, 0.3) is 0 Å². The van der Waals surface area contributed by atoms with Crippen LogP contribution in [0.4, 0.5) is 0 Å². The van der Waals surface area contributed by atoms with Gasteiger partial charge < -0.3 is 20.3 Å². The number of hydrogen-bond donors (Lipinski definition) is 2. The van der Waals surface area contributed by atoms with Crippen LogP contribution in [0.1, 0.15) is 43.0 Å². The van der Waals surface area contributed by atoms with Gasteiger partial charge in [0.05, 0.1) is 12.2 Å². The molecule has 1 aliphatic rings. The second kappa shape index (κ2) is 10.0. The maximum atomic E-state index is 12.2. The van der Waals surface area contributed by atoms with Crippen molar-refractivity contribution in [2.75, 3.05) is 33.3 Å². The third kappa shape index (κ3) is 6.38. The van der Waals surface area contributed by atoms with E-state index in [9.17, 15) is 9.59 Å². The highest BCUT2D eigenvalue weighted by molar-refractivity contribution is 5.96. The van der Waals surface area contributed by atoms with Gasteiger partial charge in [0.15, 0.2) is 0 Å². The number of nitrogens with one attached hydrogen (secondary N) is 2. The van der Waals surface area contributed by atoms with Gasteiger partial charge in [0.25, 0.3) is 5.91 Å². The van der Waals surface area contributed by atoms with Crippen molar-refractivity contribution >= 4 is 11.8 Å². The number of hydrogen-bond acceptors (Lipinski definition) is 4. The predicted molar refractivity (Wildman–Crippen MR) is 97.8 cm³/mol. The fourth-order valence-electron chi connectivity index (χ4n) is 2.93. The molecule has 2 N–H and O–H groups in total. The van der Waals surface area contributed by atoms with Crippen LogP contribution in [0.2, 0.25) is 0 Å². The van der Waals surface area contributed by atoms with Gasteiger partial charge in [0.2, 0.25) is 5.91 Å². The minimum atomic E-state index is -0.167. The second-order valence-corrected chi connectivity index (χ2v) is 6.43. The van der Waals surface area contributed by atoms with Crippen molar-refractivity contribution in [3.05, 3.63) is 29.8 Å². The van der Waals surface area contributed by atoms with Gasteiger partial charge in [-0.2, -0.15) is 0 Å². The summed E-state index contributed by atoms with van der Waals surface area (Å²) < 4.78 is 5.47. The van der Waals surface area contributed by atoms with E-state index in [1.165, 1.54) is 0 Å². The maximum absolute atomic E-state index is 12.2. The van der Waals surface area contributed by atoms with Crippen LogP contribution in [0.3, 0.4) is 0 Å². The van der Waals surface area contributed by atoms with Crippen LogP contribution in [0.15, 0.2) is 24.3 Å². The average molecular weight is 347 g/mol. The standard InChI is InChI=1S/C19H29N3O3/c1-3-25-17-8-5-4-7-16(17)19(24)20-12-6-9-18(23)21-15-10-13-22(2)14-11-15/h4-5,7-8,15H,3,6,9-14H2,1-2H3,(H,20,24)(H,21,23). The van der Waals surface area contributed by atoms with Gasteiger partial charge >= 0.3 is 0 Å². The molecule has 0 bridgehead atoms. The number of benzene rings is 1. The molecule has 6 heteroatoms. The number of nitrogens with zero attached hydrogens (tertiary/aromatic N) is 1. The molecule has 25 heavy (non-hydrogen) atoms. The zero-order valence-corrected chi connectivity index (χ0v) is 15.2. The third-order valence-corrected chi connectivity index (χ3v) is 4.38. The number of ether oxygens (including phenoxy) is 1. The molecule has 1 saturated heterocycles. The first-order valence-electron chi connectivity index (χ1n) is 9.08. The molecule has 1 fully saturated rings. The Kier molecular flexibility index (Phi) is 7.73. The normalized spacial score (nSPS) is 15.6. The summed E-state index contributed by atoms with van der Waals surface area (Å²) in [4.78, 5) is 26.5. The van der Waals surface area contributed by atoms with Crippen LogP contribution >= 0.6 is 0 Å². The first-order chi connectivity index (χ1) is 12.1. The SMILES string of the molecule is CCOc1ccccc1C(=O)NCCCC(=O)NC1CCN(C)CC1. The number of carbonyl (C=O) groups excluding carboxylic acids is 2. The molecule has 1 heterocycles. The van der Waals surface area contributed by atoms with Crippen molar-refractivity contribution < 1.29 is 14.3 Å². The zero-order valence-electron chi connectivity index (χ0n) is 15.2. The van der Waals surface area contributed by atoms with Crippen LogP contribution in [0.5, 0.6) is 5.75 Å². The molecule has 0 saturated carbocycles. The lowest BCUT2D eigenvalue weighted by molar-refractivity contribution is -0.122. The van der Waals surface area contributed by atoms with Crippen LogP contribution in [-0.2, 0) is 4.79 Å². The van der Waals surface area contributed by atoms with E-state index in [1.807, 2.05) is 19.1 Å². The number of carbonyl (C=O) groups is 2. The lowest BCUT2D eigenvalue weighted by Crippen LogP contribution is -2.43. The van der Waals surface area contributed by atoms with Crippen molar-refractivity contribution in [2.24, 2.45) is 0 Å². The van der Waals surface area contributed by atoms with Crippen molar-refractivity contribution in [1.29, 1.82) is 0 Å². The van der Waals surface area contributed by atoms with Crippen LogP contribution < -0.4 is 15.4 Å². The van der Waals surface area contributed by atoms with Gasteiger partial charge in [-0.05, 0) is 58.5 Å². The first kappa shape index (κ1) is 19.2. The van der Waals surface area contributed by atoms with Gasteiger partial charge in [-0.3, -0.25) is 9.59 Å². The molecule has 1 aromatic rings. The molecule has 2 amide bonds. The number of rotatable bonds is 8. The Morgan fingerprint density at radius 3 is 2.68 bits per heavy atom. The Morgan fingerprint density at radius 2 is 1.96 bits per heavy atom. The third-order valence-electron chi connectivity index (χ3n) is 4.38. The Hall–Kier alpha value is -2.08. The molecule has 0 radical (unpaired) electrons. The molecular formula is C19H29N3O3. The minimum absolute atomic E-state index is 0.0681. The van der Waals surface area contributed by atoms with E-state index in [0.29, 0.717) is 37.3 Å². The van der Waals surface area contributed by atoms with Gasteiger partial charge in [-0.15, -0.1) is 0 Å². The average Bonchev–Trinajstić information content (AvgIpc) is 2.61. The monoisotopic (exact) mass is 347 g/mol. The number of piperidine rings is 1. The maximum Gasteiger partial charge on any atom is 0.255 e. The summed E-state index contributed by atoms with van der Waals surface area (Å²) >= 11 is 0. The molecule has 0 aromatic heterocycles. The van der Waals surface area contributed by atoms with E-state index >= 15 is 0 Å². The lowest BCUT2D eigenvalue weighted by atomic mass is 10.1. The quantitative estimate of drug-likeness (QED) is 0.704. The summed E-state index contributed by atoms with van der Waals surface area (Å²) in [6.45, 7) is 4.93. The predicted octanol–water partition coefficient (Wildman–Crippen LogP) is 1.81. The summed E-state index contributed by atoms with van der Waals surface area (Å²) in [5, 5.41) is 5.94. The van der Waals surface area contributed by atoms with Crippen molar-refractivity contribution in [2.45, 2.75) is 38.6 Å². The molecule has 6 nitrogen and oxygen atoms in total. The van der Waals surface area contributed by atoms with Gasteiger partial charge in [0.1, 0.15) is 5.75 Å². The van der Waals surface area contributed by atoms with Crippen molar-refractivity contribution in [3.63, 3.8) is 0 Å². The minimum Gasteiger partial charge on any atom is -0.493 e. The molecule has 1 aliphatic heterocycles. The molecule has 1 aromatic carbocycles. The van der Waals surface area contributed by atoms with Gasteiger partial charge in [-0.25, -0.2) is 0 Å². The molecule has 0 atom stereocenters. The number of para-hydroxylation sites is 1. The first-order valence-corrected chi connectivity index (χ1v) is 9.08. The topological polar surface area (TPSA) is 70.7 Å². The number of likely N-dealkylation sites (tertiary alicyclic amines) is 1. The van der Waals surface area contributed by atoms with Crippen molar-refractivity contribution in [1.82, 2.24) is 15.5 Å². The molecule has 0 unspecified atom stereocenters. The summed E-state index contributed by atoms with van der Waals surface area (Å²) in [6.07, 6.45) is 3.07. The van der Waals surface area contributed by atoms with Crippen LogP contribution in [-0.4, -0.2) is 56.0 Å². The lowest BCUT2D eigenvalue weighted by Gasteiger charge is -2.29. The summed E-state index contributed by atoms with van der Waals surface area (Å²) in [7, 11) is 2.10. The van der Waals surface area contributed by atoms with E-state index in [-0.39, 0.29) is 17.9 Å². The largest absolute Gasteiger partial charge is 0.493 e. The molecular weight excluding hydrogens is 318 g/mol. The number of amides is 2. The molecule has 0 spiro atoms. The highest BCUT2D eigenvalue weighted by Gasteiger charge is 2.18. The smallest absolute Gasteiger partial charge is 0.255 e. The van der Waals surface area contributed by atoms with Gasteiger partial charge in [0, 0.05) is 19.0 Å². The van der Waals surface area contributed by atoms with E-state index < -0.39 is 0 Å². The summed E-state index contributed by atoms with van der Waals surface area (Å²) in [6, 6.07) is 7.47. The Morgan fingerprint density at radius 1 is 1.24 bits per heavy atom. The molecule has 138 valence electrons. The summed E-state index contributed by atoms with van der Waals surface area (Å²) in [5.74, 6) is 0.487. The molecule has 2 rings (SSSR count). The van der Waals surface area contributed by atoms with E-state index in [0.717, 1.165) is 25.9 Å². The second-order valence-electron chi connectivity index (χ2n) is 6.43. The zero-order chi connectivity index (χ0) is 18.1. The van der Waals surface area contributed by atoms with Gasteiger partial charge in [-0.1, -0.05) is 12.1 Å². The van der Waals surface area contributed by atoms with Crippen molar-refractivity contribution in [3.8, 4) is 5.75 Å². The van der Waals surface area contributed by atoms with E-state index in [2.05, 4.69) is 22.6 Å². The Balaban J connectivity index is 1.67. The Labute approximate surface area is 149 Å². The van der Waals surface area contributed by atoms with E-state index in [4.69, 9.17) is 4.74 Å². The fourth-order valence-corrected chi connectivity index (χ4v) is 2.93. The van der Waals surface area contributed by atoms with Crippen LogP contribution in [0, 0.1) is 0 Å². The van der Waals surface area contributed by atoms with E-state index in [1.54, 1.807) is 12.1 Å². The molecule has 0 aliphatic carbocycles.